The van der Waals surface area contributed by atoms with Gasteiger partial charge in [0.2, 0.25) is 5.75 Å². The third-order valence-electron chi connectivity index (χ3n) is 5.84. The van der Waals surface area contributed by atoms with Gasteiger partial charge in [-0.05, 0) is 12.8 Å². The summed E-state index contributed by atoms with van der Waals surface area (Å²) in [5.74, 6) is 3.01. The predicted octanol–water partition coefficient (Wildman–Crippen LogP) is 3.90. The predicted molar refractivity (Wildman–Crippen MR) is 119 cm³/mol. The van der Waals surface area contributed by atoms with E-state index in [1.165, 1.54) is 12.8 Å². The second kappa shape index (κ2) is 8.37. The summed E-state index contributed by atoms with van der Waals surface area (Å²) >= 11 is 0. The van der Waals surface area contributed by atoms with Crippen LogP contribution in [0.2, 0.25) is 0 Å². The molecular weight excluding hydrogens is 410 g/mol. The Hall–Kier alpha value is -3.82. The lowest BCUT2D eigenvalue weighted by Crippen LogP contribution is -2.07. The summed E-state index contributed by atoms with van der Waals surface area (Å²) in [5.41, 5.74) is 1.67. The highest BCUT2D eigenvalue weighted by molar-refractivity contribution is 5.87. The van der Waals surface area contributed by atoms with Crippen molar-refractivity contribution < 1.29 is 14.2 Å². The molecule has 166 valence electrons. The molecular formula is C22H25N7O3. The SMILES string of the molecule is COc1cc(-n2cnc(Nc3ncnc4c3cnn4C3CCCC3)c2)cc(OC)c1OC. The van der Waals surface area contributed by atoms with Gasteiger partial charge in [-0.3, -0.25) is 0 Å². The molecule has 0 aliphatic heterocycles. The maximum atomic E-state index is 5.46. The zero-order chi connectivity index (χ0) is 22.1. The highest BCUT2D eigenvalue weighted by atomic mass is 16.5. The summed E-state index contributed by atoms with van der Waals surface area (Å²) in [6, 6.07) is 4.14. The number of hydrogen-bond donors (Lipinski definition) is 1. The van der Waals surface area contributed by atoms with E-state index in [0.717, 1.165) is 29.6 Å². The molecule has 32 heavy (non-hydrogen) atoms. The summed E-state index contributed by atoms with van der Waals surface area (Å²) in [6.07, 6.45) is 11.7. The zero-order valence-corrected chi connectivity index (χ0v) is 18.3. The summed E-state index contributed by atoms with van der Waals surface area (Å²) in [4.78, 5) is 13.4. The Morgan fingerprint density at radius 1 is 0.969 bits per heavy atom. The van der Waals surface area contributed by atoms with Gasteiger partial charge in [0.25, 0.3) is 0 Å². The van der Waals surface area contributed by atoms with Crippen molar-refractivity contribution in [3.8, 4) is 22.9 Å². The molecule has 1 N–H and O–H groups in total. The number of aromatic nitrogens is 6. The maximum Gasteiger partial charge on any atom is 0.203 e. The summed E-state index contributed by atoms with van der Waals surface area (Å²) in [6.45, 7) is 0. The van der Waals surface area contributed by atoms with Crippen molar-refractivity contribution in [1.29, 1.82) is 0 Å². The second-order valence-electron chi connectivity index (χ2n) is 7.66. The first-order valence-electron chi connectivity index (χ1n) is 10.5. The van der Waals surface area contributed by atoms with Crippen LogP contribution in [0, 0.1) is 0 Å². The first-order chi connectivity index (χ1) is 15.7. The summed E-state index contributed by atoms with van der Waals surface area (Å²) < 4.78 is 20.2. The van der Waals surface area contributed by atoms with Crippen molar-refractivity contribution in [2.75, 3.05) is 26.6 Å². The molecule has 4 aromatic rings. The molecule has 0 saturated heterocycles. The number of imidazole rings is 1. The first kappa shape index (κ1) is 20.1. The molecule has 0 unspecified atom stereocenters. The fourth-order valence-corrected chi connectivity index (χ4v) is 4.24. The van der Waals surface area contributed by atoms with Gasteiger partial charge in [-0.15, -0.1) is 0 Å². The van der Waals surface area contributed by atoms with E-state index < -0.39 is 0 Å². The Kier molecular flexibility index (Phi) is 5.26. The molecule has 1 saturated carbocycles. The van der Waals surface area contributed by atoms with Crippen LogP contribution in [-0.4, -0.2) is 50.6 Å². The van der Waals surface area contributed by atoms with E-state index in [0.29, 0.717) is 34.9 Å². The van der Waals surface area contributed by atoms with Gasteiger partial charge < -0.3 is 24.1 Å². The molecule has 1 aromatic carbocycles. The second-order valence-corrected chi connectivity index (χ2v) is 7.66. The van der Waals surface area contributed by atoms with Crippen LogP contribution < -0.4 is 19.5 Å². The van der Waals surface area contributed by atoms with E-state index >= 15 is 0 Å². The number of hydrogen-bond acceptors (Lipinski definition) is 8. The fourth-order valence-electron chi connectivity index (χ4n) is 4.24. The Morgan fingerprint density at radius 2 is 1.72 bits per heavy atom. The average Bonchev–Trinajstić information content (AvgIpc) is 3.58. The summed E-state index contributed by atoms with van der Waals surface area (Å²) in [5, 5.41) is 8.77. The molecule has 0 atom stereocenters. The van der Waals surface area contributed by atoms with Crippen molar-refractivity contribution in [2.24, 2.45) is 0 Å². The summed E-state index contributed by atoms with van der Waals surface area (Å²) in [7, 11) is 4.76. The van der Waals surface area contributed by atoms with Crippen LogP contribution in [-0.2, 0) is 0 Å². The minimum atomic E-state index is 0.412. The monoisotopic (exact) mass is 435 g/mol. The van der Waals surface area contributed by atoms with E-state index in [1.807, 2.05) is 33.8 Å². The van der Waals surface area contributed by atoms with Crippen molar-refractivity contribution in [3.05, 3.63) is 37.2 Å². The number of fused-ring (bicyclic) bond motifs is 1. The first-order valence-corrected chi connectivity index (χ1v) is 10.5. The molecule has 1 aliphatic carbocycles. The van der Waals surface area contributed by atoms with Crippen molar-refractivity contribution >= 4 is 22.7 Å². The standard InChI is InChI=1S/C22H25N7O3/c1-30-17-8-15(9-18(31-2)20(17)32-3)28-11-19(25-13-28)27-21-16-10-26-29(14-6-4-5-7-14)22(16)24-12-23-21/h8-14H,4-7H2,1-3H3,(H,23,24,27). The number of nitrogens with one attached hydrogen (secondary N) is 1. The van der Waals surface area contributed by atoms with E-state index in [9.17, 15) is 0 Å². The van der Waals surface area contributed by atoms with Crippen LogP contribution in [0.25, 0.3) is 16.7 Å². The van der Waals surface area contributed by atoms with E-state index in [4.69, 9.17) is 14.2 Å². The van der Waals surface area contributed by atoms with Crippen molar-refractivity contribution in [3.63, 3.8) is 0 Å². The van der Waals surface area contributed by atoms with Gasteiger partial charge in [0.1, 0.15) is 24.3 Å². The third-order valence-corrected chi connectivity index (χ3v) is 5.84. The van der Waals surface area contributed by atoms with Gasteiger partial charge in [0.15, 0.2) is 17.1 Å². The minimum Gasteiger partial charge on any atom is -0.493 e. The molecule has 10 heteroatoms. The zero-order valence-electron chi connectivity index (χ0n) is 18.3. The maximum absolute atomic E-state index is 5.46. The quantitative estimate of drug-likeness (QED) is 0.466. The van der Waals surface area contributed by atoms with Crippen LogP contribution in [0.4, 0.5) is 11.6 Å². The van der Waals surface area contributed by atoms with Crippen LogP contribution in [0.5, 0.6) is 17.2 Å². The largest absolute Gasteiger partial charge is 0.493 e. The van der Waals surface area contributed by atoms with Crippen LogP contribution in [0.3, 0.4) is 0 Å². The Labute approximate surface area is 185 Å². The molecule has 1 fully saturated rings. The number of nitrogens with zero attached hydrogens (tertiary/aromatic N) is 6. The topological polar surface area (TPSA) is 101 Å². The number of rotatable bonds is 7. The fraction of sp³-hybridized carbons (Fsp3) is 0.364. The highest BCUT2D eigenvalue weighted by Crippen LogP contribution is 2.39. The van der Waals surface area contributed by atoms with Gasteiger partial charge in [0, 0.05) is 12.1 Å². The van der Waals surface area contributed by atoms with E-state index in [2.05, 4.69) is 25.4 Å². The van der Waals surface area contributed by atoms with Gasteiger partial charge in [0.05, 0.1) is 50.8 Å². The Morgan fingerprint density at radius 3 is 2.41 bits per heavy atom. The van der Waals surface area contributed by atoms with Crippen LogP contribution in [0.1, 0.15) is 31.7 Å². The van der Waals surface area contributed by atoms with Crippen molar-refractivity contribution in [1.82, 2.24) is 29.3 Å². The molecule has 3 aromatic heterocycles. The van der Waals surface area contributed by atoms with Crippen molar-refractivity contribution in [2.45, 2.75) is 31.7 Å². The molecule has 0 bridgehead atoms. The third kappa shape index (κ3) is 3.47. The molecule has 0 amide bonds. The lowest BCUT2D eigenvalue weighted by Gasteiger charge is -2.14. The smallest absolute Gasteiger partial charge is 0.203 e. The number of methoxy groups -OCH3 is 3. The van der Waals surface area contributed by atoms with Crippen LogP contribution in [0.15, 0.2) is 37.2 Å². The molecule has 0 spiro atoms. The lowest BCUT2D eigenvalue weighted by atomic mass is 10.2. The van der Waals surface area contributed by atoms with Gasteiger partial charge in [-0.2, -0.15) is 5.10 Å². The molecule has 5 rings (SSSR count). The van der Waals surface area contributed by atoms with E-state index in [-0.39, 0.29) is 0 Å². The lowest BCUT2D eigenvalue weighted by molar-refractivity contribution is 0.324. The number of ether oxygens (including phenoxy) is 3. The Bertz CT molecular complexity index is 1220. The number of benzene rings is 1. The minimum absolute atomic E-state index is 0.412. The highest BCUT2D eigenvalue weighted by Gasteiger charge is 2.21. The Balaban J connectivity index is 1.44. The molecule has 0 radical (unpaired) electrons. The average molecular weight is 435 g/mol. The molecule has 1 aliphatic rings. The normalized spacial score (nSPS) is 14.1. The molecule has 3 heterocycles. The van der Waals surface area contributed by atoms with Gasteiger partial charge in [-0.25, -0.2) is 19.6 Å². The molecule has 10 nitrogen and oxygen atoms in total. The van der Waals surface area contributed by atoms with Gasteiger partial charge >= 0.3 is 0 Å². The van der Waals surface area contributed by atoms with E-state index in [1.54, 1.807) is 34.0 Å². The number of anilines is 2. The van der Waals surface area contributed by atoms with Crippen LogP contribution >= 0.6 is 0 Å². The van der Waals surface area contributed by atoms with Gasteiger partial charge in [-0.1, -0.05) is 12.8 Å².